The monoisotopic (exact) mass is 484 g/mol. The minimum absolute atomic E-state index is 0.0650. The lowest BCUT2D eigenvalue weighted by molar-refractivity contribution is -0.128. The highest BCUT2D eigenvalue weighted by Crippen LogP contribution is 2.30. The van der Waals surface area contributed by atoms with E-state index in [9.17, 15) is 9.59 Å². The molecule has 1 heterocycles. The molecule has 36 heavy (non-hydrogen) atoms. The van der Waals surface area contributed by atoms with Crippen LogP contribution in [-0.4, -0.2) is 46.4 Å². The normalized spacial score (nSPS) is 12.2. The number of anilines is 2. The third-order valence-electron chi connectivity index (χ3n) is 5.74. The van der Waals surface area contributed by atoms with Crippen molar-refractivity contribution in [1.82, 2.24) is 20.3 Å². The fourth-order valence-corrected chi connectivity index (χ4v) is 4.07. The summed E-state index contributed by atoms with van der Waals surface area (Å²) in [4.78, 5) is 31.3. The van der Waals surface area contributed by atoms with Crippen LogP contribution >= 0.6 is 0 Å². The maximum absolute atomic E-state index is 14.0. The van der Waals surface area contributed by atoms with Crippen LogP contribution in [0.3, 0.4) is 0 Å². The molecule has 0 radical (unpaired) electrons. The van der Waals surface area contributed by atoms with Gasteiger partial charge < -0.3 is 10.2 Å². The lowest BCUT2D eigenvalue weighted by Gasteiger charge is -2.34. The van der Waals surface area contributed by atoms with Crippen LogP contribution < -0.4 is 15.1 Å². The van der Waals surface area contributed by atoms with Crippen molar-refractivity contribution in [3.05, 3.63) is 84.4 Å². The van der Waals surface area contributed by atoms with Crippen molar-refractivity contribution in [3.63, 3.8) is 0 Å². The second-order valence-electron chi connectivity index (χ2n) is 9.96. The topological polar surface area (TPSA) is 83.4 Å². The Morgan fingerprint density at radius 3 is 2.17 bits per heavy atom. The standard InChI is InChI=1S/C28H32N6O2/c1-28(2,3)29-27(36)26(20-15-17-21(18-16-20)32(4)5)34(22-11-7-6-8-12-22)25(35)19-33-24-14-10-9-13-23(24)30-31-33/h6-18,26H,19H2,1-5H3,(H,29,36). The van der Waals surface area contributed by atoms with Crippen molar-refractivity contribution < 1.29 is 9.59 Å². The minimum atomic E-state index is -0.884. The Balaban J connectivity index is 1.80. The zero-order valence-electron chi connectivity index (χ0n) is 21.3. The molecule has 0 fully saturated rings. The van der Waals surface area contributed by atoms with Crippen LogP contribution in [0.1, 0.15) is 32.4 Å². The van der Waals surface area contributed by atoms with Gasteiger partial charge in [-0.05, 0) is 62.7 Å². The van der Waals surface area contributed by atoms with Crippen LogP contribution in [-0.2, 0) is 16.1 Å². The number of fused-ring (bicyclic) bond motifs is 1. The van der Waals surface area contributed by atoms with Crippen molar-refractivity contribution in [2.24, 2.45) is 0 Å². The third kappa shape index (κ3) is 5.54. The Morgan fingerprint density at radius 2 is 1.53 bits per heavy atom. The molecule has 0 bridgehead atoms. The minimum Gasteiger partial charge on any atom is -0.378 e. The van der Waals surface area contributed by atoms with Gasteiger partial charge in [0.1, 0.15) is 18.1 Å². The number of nitrogens with zero attached hydrogens (tertiary/aromatic N) is 5. The van der Waals surface area contributed by atoms with Gasteiger partial charge in [0.25, 0.3) is 0 Å². The molecule has 0 aliphatic rings. The van der Waals surface area contributed by atoms with Gasteiger partial charge in [-0.3, -0.25) is 14.5 Å². The summed E-state index contributed by atoms with van der Waals surface area (Å²) < 4.78 is 1.57. The maximum Gasteiger partial charge on any atom is 0.249 e. The highest BCUT2D eigenvalue weighted by molar-refractivity contribution is 6.01. The second-order valence-corrected chi connectivity index (χ2v) is 9.96. The first-order chi connectivity index (χ1) is 17.1. The van der Waals surface area contributed by atoms with Crippen LogP contribution in [0.15, 0.2) is 78.9 Å². The number of carbonyl (C=O) groups is 2. The van der Waals surface area contributed by atoms with E-state index in [1.165, 1.54) is 0 Å². The van der Waals surface area contributed by atoms with E-state index >= 15 is 0 Å². The van der Waals surface area contributed by atoms with Crippen LogP contribution in [0.25, 0.3) is 11.0 Å². The molecule has 0 spiro atoms. The fourth-order valence-electron chi connectivity index (χ4n) is 4.07. The average molecular weight is 485 g/mol. The summed E-state index contributed by atoms with van der Waals surface area (Å²) in [5.41, 5.74) is 3.32. The summed E-state index contributed by atoms with van der Waals surface area (Å²) in [5, 5.41) is 11.4. The van der Waals surface area contributed by atoms with Gasteiger partial charge in [0, 0.05) is 31.0 Å². The SMILES string of the molecule is CN(C)c1ccc(C(C(=O)NC(C)(C)C)N(C(=O)Cn2nnc3ccccc32)c2ccccc2)cc1. The Kier molecular flexibility index (Phi) is 7.05. The van der Waals surface area contributed by atoms with Crippen molar-refractivity contribution in [2.75, 3.05) is 23.9 Å². The zero-order chi connectivity index (χ0) is 25.9. The summed E-state index contributed by atoms with van der Waals surface area (Å²) in [6.07, 6.45) is 0. The molecule has 186 valence electrons. The van der Waals surface area contributed by atoms with Crippen molar-refractivity contribution in [2.45, 2.75) is 38.9 Å². The number of hydrogen-bond donors (Lipinski definition) is 1. The molecule has 1 aromatic heterocycles. The molecule has 0 aliphatic heterocycles. The summed E-state index contributed by atoms with van der Waals surface area (Å²) in [6.45, 7) is 5.71. The summed E-state index contributed by atoms with van der Waals surface area (Å²) in [6, 6.07) is 23.6. The molecular weight excluding hydrogens is 452 g/mol. The predicted octanol–water partition coefficient (Wildman–Crippen LogP) is 4.19. The molecule has 1 atom stereocenters. The van der Waals surface area contributed by atoms with E-state index in [2.05, 4.69) is 15.6 Å². The number of carbonyl (C=O) groups excluding carboxylic acids is 2. The fraction of sp³-hybridized carbons (Fsp3) is 0.286. The molecule has 8 nitrogen and oxygen atoms in total. The second kappa shape index (κ2) is 10.2. The Hall–Kier alpha value is -4.20. The molecule has 1 N–H and O–H groups in total. The van der Waals surface area contributed by atoms with Gasteiger partial charge in [-0.15, -0.1) is 5.10 Å². The summed E-state index contributed by atoms with van der Waals surface area (Å²) in [5.74, 6) is -0.539. The molecule has 4 rings (SSSR count). The predicted molar refractivity (Wildman–Crippen MR) is 143 cm³/mol. The van der Waals surface area contributed by atoms with Gasteiger partial charge in [0.15, 0.2) is 0 Å². The van der Waals surface area contributed by atoms with Crippen LogP contribution in [0.5, 0.6) is 0 Å². The first-order valence-electron chi connectivity index (χ1n) is 11.9. The molecule has 1 unspecified atom stereocenters. The lowest BCUT2D eigenvalue weighted by atomic mass is 10.00. The zero-order valence-corrected chi connectivity index (χ0v) is 21.3. The number of hydrogen-bond acceptors (Lipinski definition) is 5. The van der Waals surface area contributed by atoms with E-state index < -0.39 is 11.6 Å². The Labute approximate surface area is 211 Å². The summed E-state index contributed by atoms with van der Waals surface area (Å²) in [7, 11) is 3.92. The molecular formula is C28H32N6O2. The van der Waals surface area contributed by atoms with Gasteiger partial charge in [-0.1, -0.05) is 47.7 Å². The van der Waals surface area contributed by atoms with Crippen molar-refractivity contribution in [3.8, 4) is 0 Å². The molecule has 4 aromatic rings. The Morgan fingerprint density at radius 1 is 0.889 bits per heavy atom. The highest BCUT2D eigenvalue weighted by atomic mass is 16.2. The van der Waals surface area contributed by atoms with E-state index in [1.54, 1.807) is 9.58 Å². The number of amides is 2. The smallest absolute Gasteiger partial charge is 0.249 e. The summed E-state index contributed by atoms with van der Waals surface area (Å²) >= 11 is 0. The number of nitrogens with one attached hydrogen (secondary N) is 1. The Bertz CT molecular complexity index is 1340. The van der Waals surface area contributed by atoms with Gasteiger partial charge in [-0.2, -0.15) is 0 Å². The van der Waals surface area contributed by atoms with Gasteiger partial charge >= 0.3 is 0 Å². The molecule has 2 amide bonds. The largest absolute Gasteiger partial charge is 0.378 e. The van der Waals surface area contributed by atoms with Crippen LogP contribution in [0.2, 0.25) is 0 Å². The highest BCUT2D eigenvalue weighted by Gasteiger charge is 2.34. The number of benzene rings is 3. The van der Waals surface area contributed by atoms with Gasteiger partial charge in [0.2, 0.25) is 11.8 Å². The maximum atomic E-state index is 14.0. The van der Waals surface area contributed by atoms with Crippen LogP contribution in [0.4, 0.5) is 11.4 Å². The van der Waals surface area contributed by atoms with Crippen molar-refractivity contribution >= 4 is 34.2 Å². The molecule has 8 heteroatoms. The number of para-hydroxylation sites is 2. The lowest BCUT2D eigenvalue weighted by Crippen LogP contribution is -2.50. The average Bonchev–Trinajstić information content (AvgIpc) is 3.24. The van der Waals surface area contributed by atoms with E-state index in [1.807, 2.05) is 119 Å². The first kappa shape index (κ1) is 24.9. The van der Waals surface area contributed by atoms with E-state index in [4.69, 9.17) is 0 Å². The molecule has 3 aromatic carbocycles. The van der Waals surface area contributed by atoms with E-state index in [0.717, 1.165) is 11.2 Å². The quantitative estimate of drug-likeness (QED) is 0.425. The third-order valence-corrected chi connectivity index (χ3v) is 5.74. The molecule has 0 saturated heterocycles. The molecule has 0 aliphatic carbocycles. The number of aromatic nitrogens is 3. The van der Waals surface area contributed by atoms with Crippen LogP contribution in [0, 0.1) is 0 Å². The van der Waals surface area contributed by atoms with Gasteiger partial charge in [-0.25, -0.2) is 4.68 Å². The molecule has 0 saturated carbocycles. The number of rotatable bonds is 7. The first-order valence-corrected chi connectivity index (χ1v) is 11.9. The van der Waals surface area contributed by atoms with E-state index in [0.29, 0.717) is 16.8 Å². The van der Waals surface area contributed by atoms with E-state index in [-0.39, 0.29) is 18.4 Å². The van der Waals surface area contributed by atoms with Gasteiger partial charge in [0.05, 0.1) is 5.52 Å². The van der Waals surface area contributed by atoms with Crippen molar-refractivity contribution in [1.29, 1.82) is 0 Å².